The zero-order valence-electron chi connectivity index (χ0n) is 26.4. The van der Waals surface area contributed by atoms with Crippen LogP contribution in [-0.4, -0.2) is 16.9 Å². The lowest BCUT2D eigenvalue weighted by atomic mass is 9.78. The van der Waals surface area contributed by atoms with Crippen molar-refractivity contribution >= 4 is 39.2 Å². The predicted molar refractivity (Wildman–Crippen MR) is 198 cm³/mol. The van der Waals surface area contributed by atoms with Crippen LogP contribution < -0.4 is 0 Å². The van der Waals surface area contributed by atoms with Gasteiger partial charge in [-0.25, -0.2) is 0 Å². The minimum absolute atomic E-state index is 0.153. The van der Waals surface area contributed by atoms with Crippen LogP contribution in [0.1, 0.15) is 41.7 Å². The molecule has 47 heavy (non-hydrogen) atoms. The molecular weight excluding hydrogens is 571 g/mol. The number of aliphatic imine (C=N–C) groups is 1. The first-order valence-electron chi connectivity index (χ1n) is 16.0. The summed E-state index contributed by atoms with van der Waals surface area (Å²) in [6.07, 6.45) is 7.27. The Bertz CT molecular complexity index is 2380. The van der Waals surface area contributed by atoms with Gasteiger partial charge in [-0.2, -0.15) is 0 Å². The van der Waals surface area contributed by atoms with Gasteiger partial charge in [0.25, 0.3) is 0 Å². The Labute approximate surface area is 275 Å². The number of fused-ring (bicyclic) bond motifs is 5. The Hall–Kier alpha value is -5.93. The molecule has 0 amide bonds. The van der Waals surface area contributed by atoms with E-state index in [1.807, 2.05) is 54.8 Å². The van der Waals surface area contributed by atoms with Gasteiger partial charge in [-0.3, -0.25) is 9.98 Å². The molecule has 0 saturated heterocycles. The van der Waals surface area contributed by atoms with Crippen molar-refractivity contribution in [2.24, 2.45) is 4.99 Å². The lowest BCUT2D eigenvalue weighted by molar-refractivity contribution is 0.663. The molecule has 1 N–H and O–H groups in total. The minimum atomic E-state index is -0.153. The Morgan fingerprint density at radius 3 is 2.04 bits per heavy atom. The van der Waals surface area contributed by atoms with E-state index >= 15 is 0 Å². The molecule has 3 nitrogen and oxygen atoms in total. The van der Waals surface area contributed by atoms with Gasteiger partial charge in [0.2, 0.25) is 0 Å². The number of aromatic nitrogens is 1. The zero-order valence-corrected chi connectivity index (χ0v) is 26.4. The number of pyridine rings is 1. The summed E-state index contributed by atoms with van der Waals surface area (Å²) in [5.41, 5.74) is 11.6. The molecule has 0 unspecified atom stereocenters. The fourth-order valence-electron chi connectivity index (χ4n) is 7.15. The molecule has 0 radical (unpaired) electrons. The summed E-state index contributed by atoms with van der Waals surface area (Å²) in [5, 5.41) is 13.6. The van der Waals surface area contributed by atoms with Gasteiger partial charge in [0, 0.05) is 35.2 Å². The van der Waals surface area contributed by atoms with Gasteiger partial charge < -0.3 is 5.41 Å². The Balaban J connectivity index is 1.24. The van der Waals surface area contributed by atoms with Crippen molar-refractivity contribution in [1.82, 2.24) is 4.98 Å². The molecule has 224 valence electrons. The van der Waals surface area contributed by atoms with E-state index in [1.54, 1.807) is 12.4 Å². The molecule has 0 fully saturated rings. The number of allylic oxidation sites excluding steroid dienone is 1. The molecule has 7 aromatic rings. The minimum Gasteiger partial charge on any atom is -0.300 e. The number of benzene rings is 6. The van der Waals surface area contributed by atoms with Crippen molar-refractivity contribution in [3.63, 3.8) is 0 Å². The molecule has 1 heterocycles. The number of nitrogens with one attached hydrogen (secondary N) is 1. The summed E-state index contributed by atoms with van der Waals surface area (Å²) < 4.78 is 0. The van der Waals surface area contributed by atoms with E-state index in [4.69, 9.17) is 10.4 Å². The van der Waals surface area contributed by atoms with Crippen LogP contribution in [0.3, 0.4) is 0 Å². The highest BCUT2D eigenvalue weighted by atomic mass is 14.7. The van der Waals surface area contributed by atoms with Crippen molar-refractivity contribution < 1.29 is 0 Å². The van der Waals surface area contributed by atoms with Crippen molar-refractivity contribution in [2.75, 3.05) is 0 Å². The highest BCUT2D eigenvalue weighted by Crippen LogP contribution is 2.53. The number of nitrogens with zero attached hydrogens (tertiary/aromatic N) is 2. The maximum atomic E-state index is 8.76. The first kappa shape index (κ1) is 28.5. The van der Waals surface area contributed by atoms with Crippen LogP contribution in [0.4, 0.5) is 0 Å². The highest BCUT2D eigenvalue weighted by Gasteiger charge is 2.38. The van der Waals surface area contributed by atoms with Crippen molar-refractivity contribution in [3.05, 3.63) is 180 Å². The quantitative estimate of drug-likeness (QED) is 0.189. The van der Waals surface area contributed by atoms with Gasteiger partial charge in [-0.15, -0.1) is 0 Å². The molecule has 0 spiro atoms. The van der Waals surface area contributed by atoms with E-state index < -0.39 is 0 Å². The average molecular weight is 604 g/mol. The van der Waals surface area contributed by atoms with E-state index in [0.717, 1.165) is 22.1 Å². The second kappa shape index (κ2) is 11.5. The number of hydrogen-bond donors (Lipinski definition) is 1. The van der Waals surface area contributed by atoms with E-state index in [2.05, 4.69) is 110 Å². The SMILES string of the molecule is CC1(C)c2cc3ccccc3cc2-c2cccc(-c3ccc(C=N/C(=C\C(=N)c4ccccc4)c4ccncc4)c4ccccc34)c21. The second-order valence-corrected chi connectivity index (χ2v) is 12.6. The van der Waals surface area contributed by atoms with Crippen molar-refractivity contribution in [3.8, 4) is 22.3 Å². The van der Waals surface area contributed by atoms with E-state index in [0.29, 0.717) is 11.4 Å². The average Bonchev–Trinajstić information content (AvgIpc) is 3.35. The molecule has 1 aromatic heterocycles. The van der Waals surface area contributed by atoms with Gasteiger partial charge in [-0.05, 0) is 90.8 Å². The summed E-state index contributed by atoms with van der Waals surface area (Å²) in [7, 11) is 0. The molecule has 0 atom stereocenters. The Kier molecular flexibility index (Phi) is 6.96. The van der Waals surface area contributed by atoms with Crippen molar-refractivity contribution in [1.29, 1.82) is 5.41 Å². The molecule has 1 aliphatic carbocycles. The normalized spacial score (nSPS) is 13.6. The standard InChI is InChI=1S/C44H33N3/c1-44(2)40-26-32-14-7-6-13-31(32)25-39(40)38-18-10-17-37(43(38)44)36-20-19-33(34-15-8-9-16-35(34)36)28-47-42(30-21-23-46-24-22-30)27-41(45)29-11-4-3-5-12-29/h3-28,45H,1-2H3/b42-27-,45-41?,47-28?. The van der Waals surface area contributed by atoms with Crippen LogP contribution in [0.25, 0.3) is 49.5 Å². The highest BCUT2D eigenvalue weighted by molar-refractivity contribution is 6.12. The molecule has 1 aliphatic rings. The third-order valence-electron chi connectivity index (χ3n) is 9.47. The van der Waals surface area contributed by atoms with Gasteiger partial charge in [0.05, 0.1) is 11.4 Å². The molecule has 6 aromatic carbocycles. The molecule has 3 heteroatoms. The fourth-order valence-corrected chi connectivity index (χ4v) is 7.15. The summed E-state index contributed by atoms with van der Waals surface area (Å²) in [6, 6.07) is 46.8. The maximum Gasteiger partial charge on any atom is 0.0724 e. The molecule has 0 aliphatic heterocycles. The van der Waals surface area contributed by atoms with Crippen LogP contribution in [0.2, 0.25) is 0 Å². The molecule has 0 bridgehead atoms. The van der Waals surface area contributed by atoms with E-state index in [9.17, 15) is 0 Å². The molecular formula is C44H33N3. The van der Waals surface area contributed by atoms with Crippen LogP contribution in [0.5, 0.6) is 0 Å². The van der Waals surface area contributed by atoms with Crippen molar-refractivity contribution in [2.45, 2.75) is 19.3 Å². The van der Waals surface area contributed by atoms with Crippen LogP contribution >= 0.6 is 0 Å². The Morgan fingerprint density at radius 1 is 0.617 bits per heavy atom. The third kappa shape index (κ3) is 4.97. The van der Waals surface area contributed by atoms with E-state index in [1.165, 1.54) is 49.5 Å². The van der Waals surface area contributed by atoms with E-state index in [-0.39, 0.29) is 5.41 Å². The van der Waals surface area contributed by atoms with Gasteiger partial charge >= 0.3 is 0 Å². The number of hydrogen-bond acceptors (Lipinski definition) is 3. The topological polar surface area (TPSA) is 49.1 Å². The van der Waals surface area contributed by atoms with Crippen LogP contribution in [0.15, 0.2) is 157 Å². The summed E-state index contributed by atoms with van der Waals surface area (Å²) >= 11 is 0. The summed E-state index contributed by atoms with van der Waals surface area (Å²) in [6.45, 7) is 4.72. The summed E-state index contributed by atoms with van der Waals surface area (Å²) in [4.78, 5) is 9.18. The monoisotopic (exact) mass is 603 g/mol. The van der Waals surface area contributed by atoms with Crippen LogP contribution in [-0.2, 0) is 5.41 Å². The second-order valence-electron chi connectivity index (χ2n) is 12.6. The Morgan fingerprint density at radius 2 is 1.28 bits per heavy atom. The zero-order chi connectivity index (χ0) is 32.0. The van der Waals surface area contributed by atoms with Gasteiger partial charge in [-0.1, -0.05) is 123 Å². The molecule has 0 saturated carbocycles. The van der Waals surface area contributed by atoms with Gasteiger partial charge in [0.15, 0.2) is 0 Å². The first-order chi connectivity index (χ1) is 23.0. The number of rotatable bonds is 6. The lowest BCUT2D eigenvalue weighted by Crippen LogP contribution is -2.16. The lowest BCUT2D eigenvalue weighted by Gasteiger charge is -2.25. The fraction of sp³-hybridized carbons (Fsp3) is 0.0682. The summed E-state index contributed by atoms with van der Waals surface area (Å²) in [5.74, 6) is 0. The van der Waals surface area contributed by atoms with Crippen LogP contribution in [0, 0.1) is 5.41 Å². The molecule has 8 rings (SSSR count). The largest absolute Gasteiger partial charge is 0.300 e. The first-order valence-corrected chi connectivity index (χ1v) is 16.0. The maximum absolute atomic E-state index is 8.76. The predicted octanol–water partition coefficient (Wildman–Crippen LogP) is 10.9. The smallest absolute Gasteiger partial charge is 0.0724 e. The third-order valence-corrected chi connectivity index (χ3v) is 9.47. The van der Waals surface area contributed by atoms with Gasteiger partial charge in [0.1, 0.15) is 0 Å².